The van der Waals surface area contributed by atoms with E-state index in [9.17, 15) is 4.79 Å². The standard InChI is InChI=1S/C25H25N3O/c1-17(2)22(18-11-5-3-6-12-18)28-24-23(26-19-13-7-4-8-14-19)20-15-9-10-16-21(20)27-25(24)29/h3-17,22,28H,1-2H3,(H2,26,27,29). The van der Waals surface area contributed by atoms with Crippen LogP contribution in [0, 0.1) is 5.92 Å². The predicted octanol–water partition coefficient (Wildman–Crippen LogP) is 6.08. The summed E-state index contributed by atoms with van der Waals surface area (Å²) in [6.07, 6.45) is 0. The van der Waals surface area contributed by atoms with Crippen molar-refractivity contribution in [1.82, 2.24) is 4.98 Å². The highest BCUT2D eigenvalue weighted by Crippen LogP contribution is 2.34. The number of hydrogen-bond acceptors (Lipinski definition) is 3. The van der Waals surface area contributed by atoms with Gasteiger partial charge in [-0.15, -0.1) is 0 Å². The molecule has 3 aromatic carbocycles. The lowest BCUT2D eigenvalue weighted by molar-refractivity contribution is 0.546. The molecule has 4 rings (SSSR count). The highest BCUT2D eigenvalue weighted by atomic mass is 16.1. The normalized spacial score (nSPS) is 12.1. The second-order valence-electron chi connectivity index (χ2n) is 7.52. The first-order chi connectivity index (χ1) is 14.1. The number of fused-ring (bicyclic) bond motifs is 1. The van der Waals surface area contributed by atoms with E-state index in [2.05, 4.69) is 41.6 Å². The van der Waals surface area contributed by atoms with Crippen LogP contribution in [0.25, 0.3) is 10.9 Å². The summed E-state index contributed by atoms with van der Waals surface area (Å²) in [7, 11) is 0. The van der Waals surface area contributed by atoms with Gasteiger partial charge in [-0.25, -0.2) is 0 Å². The maximum absolute atomic E-state index is 13.1. The van der Waals surface area contributed by atoms with Gasteiger partial charge in [-0.3, -0.25) is 4.79 Å². The highest BCUT2D eigenvalue weighted by molar-refractivity contribution is 5.99. The van der Waals surface area contributed by atoms with Crippen LogP contribution in [0.5, 0.6) is 0 Å². The van der Waals surface area contributed by atoms with Crippen LogP contribution in [-0.4, -0.2) is 4.98 Å². The molecule has 0 spiro atoms. The maximum atomic E-state index is 13.1. The summed E-state index contributed by atoms with van der Waals surface area (Å²) in [6, 6.07) is 28.0. The SMILES string of the molecule is CC(C)C(Nc1c(Nc2ccccc2)c2ccccc2[nH]c1=O)c1ccccc1. The molecule has 4 nitrogen and oxygen atoms in total. The van der Waals surface area contributed by atoms with Crippen molar-refractivity contribution in [3.05, 3.63) is 101 Å². The number of aromatic nitrogens is 1. The van der Waals surface area contributed by atoms with Crippen LogP contribution in [0.2, 0.25) is 0 Å². The molecule has 29 heavy (non-hydrogen) atoms. The number of nitrogens with one attached hydrogen (secondary N) is 3. The molecule has 3 N–H and O–H groups in total. The van der Waals surface area contributed by atoms with E-state index in [0.29, 0.717) is 11.6 Å². The van der Waals surface area contributed by atoms with Crippen molar-refractivity contribution in [3.8, 4) is 0 Å². The summed E-state index contributed by atoms with van der Waals surface area (Å²) in [5, 5.41) is 7.97. The molecule has 0 saturated carbocycles. The summed E-state index contributed by atoms with van der Waals surface area (Å²) in [5.41, 5.74) is 4.10. The van der Waals surface area contributed by atoms with Crippen molar-refractivity contribution in [3.63, 3.8) is 0 Å². The number of rotatable bonds is 6. The minimum absolute atomic E-state index is 0.00906. The third-order valence-corrected chi connectivity index (χ3v) is 5.09. The Bertz CT molecular complexity index is 1150. The van der Waals surface area contributed by atoms with Gasteiger partial charge < -0.3 is 15.6 Å². The summed E-state index contributed by atoms with van der Waals surface area (Å²) >= 11 is 0. The molecule has 0 radical (unpaired) electrons. The highest BCUT2D eigenvalue weighted by Gasteiger charge is 2.20. The molecule has 146 valence electrons. The van der Waals surface area contributed by atoms with Crippen molar-refractivity contribution in [2.75, 3.05) is 10.6 Å². The summed E-state index contributed by atoms with van der Waals surface area (Å²) in [4.78, 5) is 16.1. The van der Waals surface area contributed by atoms with Crippen molar-refractivity contribution in [2.24, 2.45) is 5.92 Å². The molecule has 0 saturated heterocycles. The van der Waals surface area contributed by atoms with E-state index < -0.39 is 0 Å². The fraction of sp³-hybridized carbons (Fsp3) is 0.160. The molecule has 0 amide bonds. The zero-order chi connectivity index (χ0) is 20.2. The Morgan fingerprint density at radius 1 is 0.759 bits per heavy atom. The van der Waals surface area contributed by atoms with Crippen molar-refractivity contribution in [1.29, 1.82) is 0 Å². The van der Waals surface area contributed by atoms with Crippen LogP contribution in [0.15, 0.2) is 89.7 Å². The molecular formula is C25H25N3O. The van der Waals surface area contributed by atoms with Crippen molar-refractivity contribution < 1.29 is 0 Å². The number of aromatic amines is 1. The van der Waals surface area contributed by atoms with Gasteiger partial charge in [-0.1, -0.05) is 80.6 Å². The van der Waals surface area contributed by atoms with Gasteiger partial charge >= 0.3 is 0 Å². The lowest BCUT2D eigenvalue weighted by Crippen LogP contribution is -2.23. The smallest absolute Gasteiger partial charge is 0.273 e. The van der Waals surface area contributed by atoms with Gasteiger partial charge in [0.2, 0.25) is 0 Å². The minimum Gasteiger partial charge on any atom is -0.372 e. The quantitative estimate of drug-likeness (QED) is 0.378. The Morgan fingerprint density at radius 2 is 1.38 bits per heavy atom. The van der Waals surface area contributed by atoms with Gasteiger partial charge in [0.1, 0.15) is 5.69 Å². The van der Waals surface area contributed by atoms with E-state index in [-0.39, 0.29) is 11.6 Å². The van der Waals surface area contributed by atoms with Gasteiger partial charge in [0, 0.05) is 11.1 Å². The number of H-pyrrole nitrogens is 1. The van der Waals surface area contributed by atoms with Gasteiger partial charge in [-0.2, -0.15) is 0 Å². The summed E-state index contributed by atoms with van der Waals surface area (Å²) in [6.45, 7) is 4.31. The van der Waals surface area contributed by atoms with Crippen LogP contribution in [-0.2, 0) is 0 Å². The average Bonchev–Trinajstić information content (AvgIpc) is 2.74. The Hall–Kier alpha value is -3.53. The minimum atomic E-state index is -0.135. The lowest BCUT2D eigenvalue weighted by atomic mass is 9.95. The number of hydrogen-bond donors (Lipinski definition) is 3. The molecule has 0 aliphatic heterocycles. The zero-order valence-corrected chi connectivity index (χ0v) is 16.6. The molecule has 4 aromatic rings. The Labute approximate surface area is 170 Å². The first-order valence-corrected chi connectivity index (χ1v) is 9.92. The molecule has 0 aliphatic rings. The van der Waals surface area contributed by atoms with E-state index >= 15 is 0 Å². The monoisotopic (exact) mass is 383 g/mol. The molecule has 0 fully saturated rings. The number of pyridine rings is 1. The first kappa shape index (κ1) is 18.8. The van der Waals surface area contributed by atoms with Gasteiger partial charge in [0.05, 0.1) is 17.2 Å². The lowest BCUT2D eigenvalue weighted by Gasteiger charge is -2.26. The molecule has 1 aromatic heterocycles. The fourth-order valence-corrected chi connectivity index (χ4v) is 3.63. The molecule has 0 aliphatic carbocycles. The van der Waals surface area contributed by atoms with Gasteiger partial charge in [-0.05, 0) is 29.7 Å². The predicted molar refractivity (Wildman–Crippen MR) is 122 cm³/mol. The van der Waals surface area contributed by atoms with Crippen LogP contribution in [0.3, 0.4) is 0 Å². The van der Waals surface area contributed by atoms with E-state index in [1.165, 1.54) is 0 Å². The average molecular weight is 383 g/mol. The van der Waals surface area contributed by atoms with Crippen LogP contribution >= 0.6 is 0 Å². The van der Waals surface area contributed by atoms with E-state index in [4.69, 9.17) is 0 Å². The molecular weight excluding hydrogens is 358 g/mol. The largest absolute Gasteiger partial charge is 0.372 e. The number of anilines is 3. The Balaban J connectivity index is 1.85. The van der Waals surface area contributed by atoms with Crippen LogP contribution in [0.1, 0.15) is 25.5 Å². The third-order valence-electron chi connectivity index (χ3n) is 5.09. The molecule has 1 atom stereocenters. The molecule has 4 heteroatoms. The molecule has 0 bridgehead atoms. The van der Waals surface area contributed by atoms with E-state index in [0.717, 1.165) is 27.8 Å². The molecule has 1 heterocycles. The van der Waals surface area contributed by atoms with E-state index in [1.807, 2.05) is 72.8 Å². The second kappa shape index (κ2) is 8.23. The van der Waals surface area contributed by atoms with Gasteiger partial charge in [0.25, 0.3) is 5.56 Å². The second-order valence-corrected chi connectivity index (χ2v) is 7.52. The summed E-state index contributed by atoms with van der Waals surface area (Å²) in [5.74, 6) is 0.299. The number of para-hydroxylation sites is 2. The Morgan fingerprint density at radius 3 is 2.07 bits per heavy atom. The maximum Gasteiger partial charge on any atom is 0.273 e. The Kier molecular flexibility index (Phi) is 5.34. The van der Waals surface area contributed by atoms with Crippen LogP contribution in [0.4, 0.5) is 17.1 Å². The van der Waals surface area contributed by atoms with E-state index in [1.54, 1.807) is 0 Å². The zero-order valence-electron chi connectivity index (χ0n) is 16.6. The first-order valence-electron chi connectivity index (χ1n) is 9.92. The summed E-state index contributed by atoms with van der Waals surface area (Å²) < 4.78 is 0. The third kappa shape index (κ3) is 4.02. The molecule has 1 unspecified atom stereocenters. The fourth-order valence-electron chi connectivity index (χ4n) is 3.63. The van der Waals surface area contributed by atoms with Gasteiger partial charge in [0.15, 0.2) is 0 Å². The number of benzene rings is 3. The van der Waals surface area contributed by atoms with Crippen molar-refractivity contribution >= 4 is 28.0 Å². The van der Waals surface area contributed by atoms with Crippen molar-refractivity contribution in [2.45, 2.75) is 19.9 Å². The van der Waals surface area contributed by atoms with Crippen LogP contribution < -0.4 is 16.2 Å². The topological polar surface area (TPSA) is 56.9 Å².